The normalized spacial score (nSPS) is 13.4. The lowest BCUT2D eigenvalue weighted by Gasteiger charge is -2.37. The second-order valence-corrected chi connectivity index (χ2v) is 9.13. The van der Waals surface area contributed by atoms with Crippen molar-refractivity contribution < 1.29 is 40.6 Å². The van der Waals surface area contributed by atoms with E-state index < -0.39 is 43.2 Å². The van der Waals surface area contributed by atoms with Gasteiger partial charge in [0.2, 0.25) is 0 Å². The summed E-state index contributed by atoms with van der Waals surface area (Å²) in [6.45, 7) is 0.987. The average molecular weight is 554 g/mol. The van der Waals surface area contributed by atoms with Gasteiger partial charge in [0.05, 0.1) is 6.61 Å². The fraction of sp³-hybridized carbons (Fsp3) is 0.345. The summed E-state index contributed by atoms with van der Waals surface area (Å²) in [5, 5.41) is 2.17. The lowest BCUT2D eigenvalue weighted by molar-refractivity contribution is -0.205. The molecule has 1 atom stereocenters. The van der Waals surface area contributed by atoms with E-state index in [2.05, 4.69) is 5.32 Å². The van der Waals surface area contributed by atoms with Crippen LogP contribution >= 0.6 is 0 Å². The van der Waals surface area contributed by atoms with Gasteiger partial charge in [0.15, 0.2) is 12.1 Å². The predicted molar refractivity (Wildman–Crippen MR) is 135 cm³/mol. The van der Waals surface area contributed by atoms with Crippen LogP contribution in [0.15, 0.2) is 78.9 Å². The van der Waals surface area contributed by atoms with Gasteiger partial charge in [0, 0.05) is 6.42 Å². The highest BCUT2D eigenvalue weighted by Crippen LogP contribution is 2.43. The molecule has 0 aliphatic heterocycles. The molecule has 210 valence electrons. The van der Waals surface area contributed by atoms with Gasteiger partial charge in [-0.3, -0.25) is 4.79 Å². The van der Waals surface area contributed by atoms with Crippen molar-refractivity contribution in [2.45, 2.75) is 50.5 Å². The topological polar surface area (TPSA) is 47.6 Å². The fourth-order valence-corrected chi connectivity index (χ4v) is 3.98. The first-order chi connectivity index (χ1) is 18.4. The molecule has 0 saturated heterocycles. The van der Waals surface area contributed by atoms with Crippen LogP contribution in [0.1, 0.15) is 36.0 Å². The number of para-hydroxylation sites is 1. The van der Waals surface area contributed by atoms with Crippen molar-refractivity contribution in [1.29, 1.82) is 0 Å². The van der Waals surface area contributed by atoms with E-state index >= 15 is 0 Å². The van der Waals surface area contributed by atoms with Crippen molar-refractivity contribution in [1.82, 2.24) is 5.32 Å². The average Bonchev–Trinajstić information content (AvgIpc) is 2.88. The Labute approximate surface area is 222 Å². The molecule has 0 saturated carbocycles. The van der Waals surface area contributed by atoms with E-state index in [1.807, 2.05) is 6.92 Å². The number of carbonyl (C=O) groups is 1. The second-order valence-electron chi connectivity index (χ2n) is 9.13. The van der Waals surface area contributed by atoms with Crippen LogP contribution in [-0.4, -0.2) is 31.5 Å². The summed E-state index contributed by atoms with van der Waals surface area (Å²) < 4.78 is 92.1. The van der Waals surface area contributed by atoms with Crippen LogP contribution in [0.25, 0.3) is 0 Å². The molecular formula is C29H29F6NO3. The maximum absolute atomic E-state index is 14.8. The summed E-state index contributed by atoms with van der Waals surface area (Å²) in [6, 6.07) is 20.1. The molecule has 0 bridgehead atoms. The summed E-state index contributed by atoms with van der Waals surface area (Å²) in [5.74, 6) is -0.515. The minimum atomic E-state index is -4.89. The molecule has 39 heavy (non-hydrogen) atoms. The largest absolute Gasteiger partial charge is 0.494 e. The van der Waals surface area contributed by atoms with Crippen molar-refractivity contribution in [2.75, 3.05) is 13.2 Å². The molecule has 1 amide bonds. The van der Waals surface area contributed by atoms with E-state index in [0.29, 0.717) is 11.3 Å². The number of benzene rings is 3. The Morgan fingerprint density at radius 1 is 0.769 bits per heavy atom. The molecule has 0 aliphatic carbocycles. The molecule has 0 radical (unpaired) electrons. The number of amides is 1. The van der Waals surface area contributed by atoms with Crippen molar-refractivity contribution in [3.63, 3.8) is 0 Å². The highest BCUT2D eigenvalue weighted by atomic mass is 19.4. The van der Waals surface area contributed by atoms with E-state index in [1.54, 1.807) is 54.6 Å². The predicted octanol–water partition coefficient (Wildman–Crippen LogP) is 7.30. The van der Waals surface area contributed by atoms with Crippen LogP contribution in [-0.2, 0) is 16.8 Å². The van der Waals surface area contributed by atoms with Crippen molar-refractivity contribution in [3.8, 4) is 11.5 Å². The minimum Gasteiger partial charge on any atom is -0.494 e. The van der Waals surface area contributed by atoms with E-state index in [4.69, 9.17) is 9.47 Å². The number of nitrogens with one attached hydrogen (secondary N) is 1. The number of aryl methyl sites for hydroxylation is 2. The highest BCUT2D eigenvalue weighted by molar-refractivity contribution is 5.79. The third-order valence-electron chi connectivity index (χ3n) is 6.08. The maximum Gasteiger partial charge on any atom is 0.415 e. The Morgan fingerprint density at radius 3 is 1.97 bits per heavy atom. The number of ether oxygens (including phenoxy) is 2. The summed E-state index contributed by atoms with van der Waals surface area (Å²) in [5.41, 5.74) is -1.38. The molecule has 0 spiro atoms. The van der Waals surface area contributed by atoms with Gasteiger partial charge < -0.3 is 14.8 Å². The molecule has 3 rings (SSSR count). The van der Waals surface area contributed by atoms with E-state index in [9.17, 15) is 31.1 Å². The summed E-state index contributed by atoms with van der Waals surface area (Å²) >= 11 is 0. The number of halogens is 6. The highest BCUT2D eigenvalue weighted by Gasteiger charge is 2.56. The first-order valence-corrected chi connectivity index (χ1v) is 12.3. The molecule has 0 aromatic heterocycles. The molecule has 10 heteroatoms. The van der Waals surface area contributed by atoms with Gasteiger partial charge in [-0.2, -0.15) is 26.3 Å². The lowest BCUT2D eigenvalue weighted by atomic mass is 9.83. The quantitative estimate of drug-likeness (QED) is 0.189. The zero-order chi connectivity index (χ0) is 28.5. The van der Waals surface area contributed by atoms with Crippen molar-refractivity contribution >= 4 is 5.91 Å². The Hall–Kier alpha value is -3.69. The van der Waals surface area contributed by atoms with Crippen LogP contribution < -0.4 is 14.8 Å². The third kappa shape index (κ3) is 8.94. The van der Waals surface area contributed by atoms with Gasteiger partial charge in [0.25, 0.3) is 5.91 Å². The first kappa shape index (κ1) is 29.9. The molecule has 3 aromatic rings. The van der Waals surface area contributed by atoms with Gasteiger partial charge in [0.1, 0.15) is 11.5 Å². The Morgan fingerprint density at radius 2 is 1.38 bits per heavy atom. The van der Waals surface area contributed by atoms with Crippen LogP contribution in [0, 0.1) is 6.92 Å². The van der Waals surface area contributed by atoms with Gasteiger partial charge in [-0.05, 0) is 61.6 Å². The second kappa shape index (κ2) is 12.9. The Bertz CT molecular complexity index is 1180. The van der Waals surface area contributed by atoms with E-state index in [-0.39, 0.29) is 30.8 Å². The van der Waals surface area contributed by atoms with Crippen molar-refractivity contribution in [2.24, 2.45) is 0 Å². The summed E-state index contributed by atoms with van der Waals surface area (Å²) in [4.78, 5) is 12.8. The number of hydrogen-bond acceptors (Lipinski definition) is 3. The Kier molecular flexibility index (Phi) is 9.88. The van der Waals surface area contributed by atoms with Crippen LogP contribution in [0.3, 0.4) is 0 Å². The number of carbonyl (C=O) groups excluding carboxylic acids is 1. The first-order valence-electron chi connectivity index (χ1n) is 12.3. The number of hydrogen-bond donors (Lipinski definition) is 1. The zero-order valence-corrected chi connectivity index (χ0v) is 21.2. The van der Waals surface area contributed by atoms with Crippen LogP contribution in [0.4, 0.5) is 26.3 Å². The van der Waals surface area contributed by atoms with Crippen LogP contribution in [0.2, 0.25) is 0 Å². The third-order valence-corrected chi connectivity index (χ3v) is 6.08. The maximum atomic E-state index is 14.8. The molecule has 0 fully saturated rings. The Balaban J connectivity index is 1.83. The van der Waals surface area contributed by atoms with Crippen LogP contribution in [0.5, 0.6) is 11.5 Å². The number of rotatable bonds is 12. The molecule has 3 aromatic carbocycles. The fourth-order valence-electron chi connectivity index (χ4n) is 3.98. The minimum absolute atomic E-state index is 0.00923. The molecule has 0 unspecified atom stereocenters. The number of alkyl halides is 6. The van der Waals surface area contributed by atoms with E-state index in [1.165, 1.54) is 24.3 Å². The summed E-state index contributed by atoms with van der Waals surface area (Å²) in [7, 11) is 0. The van der Waals surface area contributed by atoms with Gasteiger partial charge in [-0.25, -0.2) is 0 Å². The summed E-state index contributed by atoms with van der Waals surface area (Å²) in [6.07, 6.45) is -11.0. The monoisotopic (exact) mass is 553 g/mol. The molecule has 0 aliphatic rings. The molecule has 0 heterocycles. The zero-order valence-electron chi connectivity index (χ0n) is 21.2. The smallest absolute Gasteiger partial charge is 0.415 e. The molecule has 1 N–H and O–H groups in total. The van der Waals surface area contributed by atoms with E-state index in [0.717, 1.165) is 5.56 Å². The van der Waals surface area contributed by atoms with Gasteiger partial charge >= 0.3 is 12.4 Å². The van der Waals surface area contributed by atoms with Gasteiger partial charge in [-0.1, -0.05) is 60.2 Å². The standard InChI is InChI=1S/C29H29F6NO3/c1-21-8-10-22(11-9-21)16-18-27(29(33,34)35,36-26(37)20-39-24-6-3-2-4-7-24)23-12-14-25(15-13-23)38-19-5-17-28(30,31)32/h2-4,6-15H,5,16-20H2,1H3,(H,36,37)/t27-/m0/s1. The van der Waals surface area contributed by atoms with Gasteiger partial charge in [-0.15, -0.1) is 0 Å². The molecular weight excluding hydrogens is 524 g/mol. The van der Waals surface area contributed by atoms with Crippen molar-refractivity contribution in [3.05, 3.63) is 95.6 Å². The SMILES string of the molecule is Cc1ccc(CC[C@](NC(=O)COc2ccccc2)(c2ccc(OCCCC(F)(F)F)cc2)C(F)(F)F)cc1. The molecule has 4 nitrogen and oxygen atoms in total. The lowest BCUT2D eigenvalue weighted by Crippen LogP contribution is -2.57.